The highest BCUT2D eigenvalue weighted by molar-refractivity contribution is 7.94. The van der Waals surface area contributed by atoms with Gasteiger partial charge in [0.2, 0.25) is 0 Å². The molecule has 2 heterocycles. The van der Waals surface area contributed by atoms with Crippen molar-refractivity contribution in [1.82, 2.24) is 13.6 Å². The van der Waals surface area contributed by atoms with Crippen molar-refractivity contribution >= 4 is 23.9 Å². The fraction of sp³-hybridized carbons (Fsp3) is 0.500. The zero-order valence-corrected chi connectivity index (χ0v) is 17.4. The molecule has 1 saturated carbocycles. The van der Waals surface area contributed by atoms with E-state index in [0.717, 1.165) is 32.4 Å². The summed E-state index contributed by atoms with van der Waals surface area (Å²) in [5.41, 5.74) is 1.51. The standard InChI is InChI=1S/C20H25FN4O3S/c1-24(2)29-25-11-20(12-25)7-14(8-20)5-15-3-4-16(6-18(15)21)23-19(26)27-10-17-9-22-13-28-17/h3-4,6,9,13-14H,5,7-8,10-12H2,1-2H3,(H,23,26). The first-order valence-corrected chi connectivity index (χ1v) is 10.3. The van der Waals surface area contributed by atoms with E-state index in [-0.39, 0.29) is 12.4 Å². The molecule has 0 bridgehead atoms. The number of rotatable bonds is 7. The molecule has 1 aromatic carbocycles. The lowest BCUT2D eigenvalue weighted by Crippen LogP contribution is -2.60. The van der Waals surface area contributed by atoms with Gasteiger partial charge in [0, 0.05) is 30.9 Å². The van der Waals surface area contributed by atoms with Gasteiger partial charge in [-0.3, -0.25) is 5.32 Å². The van der Waals surface area contributed by atoms with Crippen molar-refractivity contribution < 1.29 is 18.3 Å². The maximum Gasteiger partial charge on any atom is 0.412 e. The molecule has 1 saturated heterocycles. The number of anilines is 1. The number of ether oxygens (including phenoxy) is 1. The minimum atomic E-state index is -0.667. The summed E-state index contributed by atoms with van der Waals surface area (Å²) in [7, 11) is 4.10. The van der Waals surface area contributed by atoms with Crippen LogP contribution in [-0.4, -0.2) is 46.9 Å². The molecule has 7 nitrogen and oxygen atoms in total. The third kappa shape index (κ3) is 4.91. The smallest absolute Gasteiger partial charge is 0.412 e. The highest BCUT2D eigenvalue weighted by Gasteiger charge is 2.52. The van der Waals surface area contributed by atoms with Crippen molar-refractivity contribution in [3.63, 3.8) is 0 Å². The quantitative estimate of drug-likeness (QED) is 0.680. The maximum absolute atomic E-state index is 14.5. The molecule has 0 atom stereocenters. The van der Waals surface area contributed by atoms with Crippen LogP contribution in [0.5, 0.6) is 0 Å². The summed E-state index contributed by atoms with van der Waals surface area (Å²) in [5.74, 6) is 0.675. The maximum atomic E-state index is 14.5. The van der Waals surface area contributed by atoms with Crippen LogP contribution in [0.3, 0.4) is 0 Å². The van der Waals surface area contributed by atoms with E-state index < -0.39 is 6.09 Å². The summed E-state index contributed by atoms with van der Waals surface area (Å²) in [4.78, 5) is 15.6. The molecule has 156 valence electrons. The van der Waals surface area contributed by atoms with Gasteiger partial charge in [0.1, 0.15) is 5.82 Å². The van der Waals surface area contributed by atoms with Crippen LogP contribution in [0.25, 0.3) is 0 Å². The van der Waals surface area contributed by atoms with Crippen LogP contribution in [0, 0.1) is 17.2 Å². The first kappa shape index (κ1) is 20.2. The zero-order valence-electron chi connectivity index (χ0n) is 16.6. The molecule has 0 radical (unpaired) electrons. The Morgan fingerprint density at radius 1 is 1.45 bits per heavy atom. The summed E-state index contributed by atoms with van der Waals surface area (Å²) in [6.45, 7) is 2.21. The second kappa shape index (κ2) is 8.33. The Labute approximate surface area is 173 Å². The fourth-order valence-electron chi connectivity index (χ4n) is 4.26. The lowest BCUT2D eigenvalue weighted by molar-refractivity contribution is -0.0488. The van der Waals surface area contributed by atoms with E-state index in [4.69, 9.17) is 9.15 Å². The van der Waals surface area contributed by atoms with Crippen LogP contribution < -0.4 is 5.32 Å². The third-order valence-corrected chi connectivity index (χ3v) is 6.20. The van der Waals surface area contributed by atoms with Gasteiger partial charge in [-0.25, -0.2) is 22.8 Å². The molecule has 2 aliphatic rings. The number of oxazole rings is 1. The summed E-state index contributed by atoms with van der Waals surface area (Å²) in [5, 5.41) is 2.53. The molecule has 0 unspecified atom stereocenters. The number of carbonyl (C=O) groups excluding carboxylic acids is 1. The van der Waals surface area contributed by atoms with Gasteiger partial charge in [-0.2, -0.15) is 0 Å². The van der Waals surface area contributed by atoms with E-state index in [1.807, 2.05) is 0 Å². The van der Waals surface area contributed by atoms with Crippen LogP contribution in [0.15, 0.2) is 35.2 Å². The molecule has 2 aromatic rings. The van der Waals surface area contributed by atoms with Gasteiger partial charge in [0.05, 0.1) is 6.20 Å². The van der Waals surface area contributed by atoms with Gasteiger partial charge in [0.25, 0.3) is 0 Å². The van der Waals surface area contributed by atoms with Crippen LogP contribution in [0.1, 0.15) is 24.2 Å². The monoisotopic (exact) mass is 420 g/mol. The van der Waals surface area contributed by atoms with Crippen molar-refractivity contribution in [1.29, 1.82) is 0 Å². The Morgan fingerprint density at radius 3 is 2.90 bits per heavy atom. The molecule has 1 aliphatic carbocycles. The summed E-state index contributed by atoms with van der Waals surface area (Å²) < 4.78 is 29.0. The molecule has 4 rings (SSSR count). The lowest BCUT2D eigenvalue weighted by Gasteiger charge is -2.59. The Bertz CT molecular complexity index is 847. The average molecular weight is 421 g/mol. The molecular formula is C20H25FN4O3S. The summed E-state index contributed by atoms with van der Waals surface area (Å²) in [6, 6.07) is 4.81. The van der Waals surface area contributed by atoms with Crippen molar-refractivity contribution in [2.45, 2.75) is 25.9 Å². The molecule has 1 amide bonds. The molecule has 1 N–H and O–H groups in total. The molecule has 2 fully saturated rings. The Kier molecular flexibility index (Phi) is 5.80. The number of amides is 1. The number of hydrogen-bond acceptors (Lipinski definition) is 7. The number of hydrogen-bond donors (Lipinski definition) is 1. The van der Waals surface area contributed by atoms with Gasteiger partial charge in [0.15, 0.2) is 18.8 Å². The molecule has 1 aliphatic heterocycles. The largest absolute Gasteiger partial charge is 0.445 e. The predicted octanol–water partition coefficient (Wildman–Crippen LogP) is 3.94. The second-order valence-corrected chi connectivity index (χ2v) is 9.56. The highest BCUT2D eigenvalue weighted by Crippen LogP contribution is 2.54. The first-order valence-electron chi connectivity index (χ1n) is 9.61. The highest BCUT2D eigenvalue weighted by atomic mass is 32.2. The van der Waals surface area contributed by atoms with E-state index in [1.54, 1.807) is 24.3 Å². The second-order valence-electron chi connectivity index (χ2n) is 8.15. The minimum Gasteiger partial charge on any atom is -0.445 e. The van der Waals surface area contributed by atoms with Crippen molar-refractivity contribution in [3.05, 3.63) is 47.9 Å². The first-order chi connectivity index (χ1) is 13.9. The van der Waals surface area contributed by atoms with Crippen LogP contribution in [-0.2, 0) is 17.8 Å². The van der Waals surface area contributed by atoms with Crippen LogP contribution >= 0.6 is 12.1 Å². The van der Waals surface area contributed by atoms with Gasteiger partial charge in [-0.1, -0.05) is 6.07 Å². The van der Waals surface area contributed by atoms with E-state index in [9.17, 15) is 9.18 Å². The molecule has 9 heteroatoms. The summed E-state index contributed by atoms with van der Waals surface area (Å²) in [6.07, 6.45) is 5.12. The van der Waals surface area contributed by atoms with Gasteiger partial charge in [-0.15, -0.1) is 0 Å². The number of halogens is 1. The van der Waals surface area contributed by atoms with Crippen LogP contribution in [0.2, 0.25) is 0 Å². The number of benzene rings is 1. The van der Waals surface area contributed by atoms with Gasteiger partial charge >= 0.3 is 6.09 Å². The van der Waals surface area contributed by atoms with E-state index in [1.165, 1.54) is 18.7 Å². The molecule has 29 heavy (non-hydrogen) atoms. The number of nitrogens with zero attached hydrogens (tertiary/aromatic N) is 3. The van der Waals surface area contributed by atoms with E-state index in [0.29, 0.717) is 28.3 Å². The molecule has 1 aromatic heterocycles. The normalized spacial score (nSPS) is 18.5. The Balaban J connectivity index is 1.22. The Morgan fingerprint density at radius 2 is 2.24 bits per heavy atom. The topological polar surface area (TPSA) is 70.8 Å². The average Bonchev–Trinajstić information content (AvgIpc) is 3.11. The zero-order chi connectivity index (χ0) is 20.4. The minimum absolute atomic E-state index is 0.0275. The summed E-state index contributed by atoms with van der Waals surface area (Å²) >= 11 is 1.76. The molecular weight excluding hydrogens is 395 g/mol. The lowest BCUT2D eigenvalue weighted by atomic mass is 9.57. The number of aromatic nitrogens is 1. The molecule has 1 spiro atoms. The number of carbonyl (C=O) groups is 1. The van der Waals surface area contributed by atoms with Crippen LogP contribution in [0.4, 0.5) is 14.9 Å². The van der Waals surface area contributed by atoms with E-state index in [2.05, 4.69) is 33.0 Å². The van der Waals surface area contributed by atoms with E-state index >= 15 is 0 Å². The van der Waals surface area contributed by atoms with Crippen molar-refractivity contribution in [2.75, 3.05) is 32.5 Å². The Hall–Kier alpha value is -2.10. The van der Waals surface area contributed by atoms with Gasteiger partial charge < -0.3 is 9.15 Å². The SMILES string of the molecule is CN(C)SN1CC2(CC(Cc3ccc(NC(=O)OCc4cnco4)cc3F)C2)C1. The van der Waals surface area contributed by atoms with Crippen molar-refractivity contribution in [3.8, 4) is 0 Å². The fourth-order valence-corrected chi connectivity index (χ4v) is 5.39. The van der Waals surface area contributed by atoms with Crippen molar-refractivity contribution in [2.24, 2.45) is 11.3 Å². The number of nitrogens with one attached hydrogen (secondary N) is 1. The predicted molar refractivity (Wildman–Crippen MR) is 108 cm³/mol. The third-order valence-electron chi connectivity index (χ3n) is 5.38. The van der Waals surface area contributed by atoms with Gasteiger partial charge in [-0.05, 0) is 62.4 Å².